The number of hydrogen-bond donors (Lipinski definition) is 1. The van der Waals surface area contributed by atoms with Crippen LogP contribution in [0.25, 0.3) is 10.1 Å². The van der Waals surface area contributed by atoms with Crippen LogP contribution in [0.4, 0.5) is 0 Å². The van der Waals surface area contributed by atoms with E-state index in [1.54, 1.807) is 24.5 Å². The maximum absolute atomic E-state index is 6.26. The lowest BCUT2D eigenvalue weighted by atomic mass is 10.0. The van der Waals surface area contributed by atoms with Gasteiger partial charge in [0.2, 0.25) is 5.88 Å². The number of ether oxygens (including phenoxy) is 1. The Morgan fingerprint density at radius 1 is 1.30 bits per heavy atom. The normalized spacial score (nSPS) is 12.5. The number of methoxy groups -OCH3 is 1. The van der Waals surface area contributed by atoms with Crippen LogP contribution in [0.5, 0.6) is 5.88 Å². The molecule has 0 spiro atoms. The first-order valence-corrected chi connectivity index (χ1v) is 7.22. The standard InChI is InChI=1S/C15H15N3OS/c1-19-15-7-13(17-9-18-15)12(16)6-10-8-20-14-5-3-2-4-11(10)14/h2-5,7-9,12H,6,16H2,1H3. The molecular weight excluding hydrogens is 270 g/mol. The number of nitrogens with zero attached hydrogens (tertiary/aromatic N) is 2. The van der Waals surface area contributed by atoms with Gasteiger partial charge in [0.25, 0.3) is 0 Å². The molecule has 2 N–H and O–H groups in total. The van der Waals surface area contributed by atoms with Crippen molar-refractivity contribution in [1.82, 2.24) is 9.97 Å². The number of nitrogens with two attached hydrogens (primary N) is 1. The van der Waals surface area contributed by atoms with E-state index in [9.17, 15) is 0 Å². The summed E-state index contributed by atoms with van der Waals surface area (Å²) in [7, 11) is 1.59. The van der Waals surface area contributed by atoms with Crippen LogP contribution >= 0.6 is 11.3 Å². The van der Waals surface area contributed by atoms with Crippen LogP contribution in [-0.4, -0.2) is 17.1 Å². The van der Waals surface area contributed by atoms with Gasteiger partial charge in [0.1, 0.15) is 6.33 Å². The fourth-order valence-electron chi connectivity index (χ4n) is 2.20. The molecule has 102 valence electrons. The first-order valence-electron chi connectivity index (χ1n) is 6.34. The average Bonchev–Trinajstić information content (AvgIpc) is 2.90. The number of fused-ring (bicyclic) bond motifs is 1. The minimum atomic E-state index is -0.162. The molecule has 0 aliphatic rings. The van der Waals surface area contributed by atoms with Gasteiger partial charge >= 0.3 is 0 Å². The van der Waals surface area contributed by atoms with Crippen LogP contribution < -0.4 is 10.5 Å². The van der Waals surface area contributed by atoms with Crippen LogP contribution in [0.1, 0.15) is 17.3 Å². The van der Waals surface area contributed by atoms with E-state index < -0.39 is 0 Å². The van der Waals surface area contributed by atoms with Crippen LogP contribution in [-0.2, 0) is 6.42 Å². The Morgan fingerprint density at radius 3 is 3.00 bits per heavy atom. The van der Waals surface area contributed by atoms with E-state index in [1.165, 1.54) is 22.0 Å². The molecule has 5 heteroatoms. The highest BCUT2D eigenvalue weighted by molar-refractivity contribution is 7.17. The van der Waals surface area contributed by atoms with Gasteiger partial charge < -0.3 is 10.5 Å². The van der Waals surface area contributed by atoms with E-state index in [-0.39, 0.29) is 6.04 Å². The molecule has 1 atom stereocenters. The molecule has 0 bridgehead atoms. The minimum Gasteiger partial charge on any atom is -0.481 e. The van der Waals surface area contributed by atoms with Crippen molar-refractivity contribution in [2.75, 3.05) is 7.11 Å². The molecule has 2 heterocycles. The summed E-state index contributed by atoms with van der Waals surface area (Å²) in [4.78, 5) is 8.24. The lowest BCUT2D eigenvalue weighted by Crippen LogP contribution is -2.15. The topological polar surface area (TPSA) is 61.0 Å². The van der Waals surface area contributed by atoms with Crippen molar-refractivity contribution in [2.45, 2.75) is 12.5 Å². The molecule has 3 aromatic rings. The molecule has 0 saturated carbocycles. The second-order valence-electron chi connectivity index (χ2n) is 4.55. The van der Waals surface area contributed by atoms with Gasteiger partial charge in [-0.3, -0.25) is 0 Å². The lowest BCUT2D eigenvalue weighted by Gasteiger charge is -2.11. The largest absolute Gasteiger partial charge is 0.481 e. The van der Waals surface area contributed by atoms with E-state index in [0.717, 1.165) is 12.1 Å². The van der Waals surface area contributed by atoms with Crippen molar-refractivity contribution >= 4 is 21.4 Å². The third-order valence-corrected chi connectivity index (χ3v) is 4.27. The first kappa shape index (κ1) is 13.0. The Balaban J connectivity index is 1.86. The summed E-state index contributed by atoms with van der Waals surface area (Å²) in [5.74, 6) is 0.542. The predicted molar refractivity (Wildman–Crippen MR) is 81.0 cm³/mol. The molecule has 0 radical (unpaired) electrons. The zero-order valence-electron chi connectivity index (χ0n) is 11.1. The third-order valence-electron chi connectivity index (χ3n) is 3.25. The molecule has 2 aromatic heterocycles. The molecular formula is C15H15N3OS. The Labute approximate surface area is 121 Å². The molecule has 0 aliphatic carbocycles. The number of benzene rings is 1. The van der Waals surface area contributed by atoms with Gasteiger partial charge in [0.15, 0.2) is 0 Å². The molecule has 0 amide bonds. The minimum absolute atomic E-state index is 0.162. The summed E-state index contributed by atoms with van der Waals surface area (Å²) in [6, 6.07) is 10.00. The molecule has 0 saturated heterocycles. The van der Waals surface area contributed by atoms with Crippen LogP contribution in [0.2, 0.25) is 0 Å². The van der Waals surface area contributed by atoms with E-state index in [2.05, 4.69) is 39.6 Å². The Morgan fingerprint density at radius 2 is 2.15 bits per heavy atom. The molecule has 4 nitrogen and oxygen atoms in total. The molecule has 20 heavy (non-hydrogen) atoms. The summed E-state index contributed by atoms with van der Waals surface area (Å²) >= 11 is 1.75. The monoisotopic (exact) mass is 285 g/mol. The fraction of sp³-hybridized carbons (Fsp3) is 0.200. The maximum atomic E-state index is 6.26. The summed E-state index contributed by atoms with van der Waals surface area (Å²) in [5, 5.41) is 3.44. The summed E-state index contributed by atoms with van der Waals surface area (Å²) in [6.07, 6.45) is 2.24. The molecule has 1 aromatic carbocycles. The number of thiophene rings is 1. The van der Waals surface area contributed by atoms with Gasteiger partial charge in [0.05, 0.1) is 18.8 Å². The van der Waals surface area contributed by atoms with Gasteiger partial charge in [-0.05, 0) is 28.8 Å². The third kappa shape index (κ3) is 2.50. The van der Waals surface area contributed by atoms with Crippen LogP contribution in [0, 0.1) is 0 Å². The SMILES string of the molecule is COc1cc(C(N)Cc2csc3ccccc23)ncn1. The van der Waals surface area contributed by atoms with Crippen molar-refractivity contribution in [2.24, 2.45) is 5.73 Å². The zero-order valence-corrected chi connectivity index (χ0v) is 11.9. The Kier molecular flexibility index (Phi) is 3.62. The summed E-state index contributed by atoms with van der Waals surface area (Å²) in [6.45, 7) is 0. The molecule has 1 unspecified atom stereocenters. The molecule has 0 aliphatic heterocycles. The van der Waals surface area contributed by atoms with Crippen molar-refractivity contribution in [3.8, 4) is 5.88 Å². The maximum Gasteiger partial charge on any atom is 0.216 e. The number of rotatable bonds is 4. The molecule has 3 rings (SSSR count). The fourth-order valence-corrected chi connectivity index (χ4v) is 3.18. The van der Waals surface area contributed by atoms with E-state index in [4.69, 9.17) is 10.5 Å². The summed E-state index contributed by atoms with van der Waals surface area (Å²) < 4.78 is 6.39. The first-order chi connectivity index (χ1) is 9.78. The van der Waals surface area contributed by atoms with Crippen molar-refractivity contribution in [3.05, 3.63) is 53.3 Å². The predicted octanol–water partition coefficient (Wildman–Crippen LogP) is 2.94. The van der Waals surface area contributed by atoms with Gasteiger partial charge in [-0.1, -0.05) is 18.2 Å². The van der Waals surface area contributed by atoms with Gasteiger partial charge in [0, 0.05) is 10.8 Å². The number of hydrogen-bond acceptors (Lipinski definition) is 5. The quantitative estimate of drug-likeness (QED) is 0.800. The second kappa shape index (κ2) is 5.56. The van der Waals surface area contributed by atoms with Gasteiger partial charge in [-0.25, -0.2) is 9.97 Å². The van der Waals surface area contributed by atoms with Crippen molar-refractivity contribution < 1.29 is 4.74 Å². The van der Waals surface area contributed by atoms with Crippen LogP contribution in [0.15, 0.2) is 42.0 Å². The lowest BCUT2D eigenvalue weighted by molar-refractivity contribution is 0.395. The summed E-state index contributed by atoms with van der Waals surface area (Å²) in [5.41, 5.74) is 8.32. The van der Waals surface area contributed by atoms with E-state index in [1.807, 2.05) is 0 Å². The average molecular weight is 285 g/mol. The highest BCUT2D eigenvalue weighted by atomic mass is 32.1. The highest BCUT2D eigenvalue weighted by Crippen LogP contribution is 2.28. The Bertz CT molecular complexity index is 726. The second-order valence-corrected chi connectivity index (χ2v) is 5.46. The smallest absolute Gasteiger partial charge is 0.216 e. The van der Waals surface area contributed by atoms with E-state index in [0.29, 0.717) is 5.88 Å². The van der Waals surface area contributed by atoms with Crippen molar-refractivity contribution in [1.29, 1.82) is 0 Å². The van der Waals surface area contributed by atoms with Crippen molar-refractivity contribution in [3.63, 3.8) is 0 Å². The number of aromatic nitrogens is 2. The highest BCUT2D eigenvalue weighted by Gasteiger charge is 2.13. The van der Waals surface area contributed by atoms with Crippen LogP contribution in [0.3, 0.4) is 0 Å². The van der Waals surface area contributed by atoms with Gasteiger partial charge in [-0.2, -0.15) is 0 Å². The zero-order chi connectivity index (χ0) is 13.9. The van der Waals surface area contributed by atoms with Gasteiger partial charge in [-0.15, -0.1) is 11.3 Å². The van der Waals surface area contributed by atoms with E-state index >= 15 is 0 Å². The molecule has 0 fully saturated rings. The Hall–Kier alpha value is -1.98.